The highest BCUT2D eigenvalue weighted by Gasteiger charge is 2.35. The molecule has 1 N–H and O–H groups in total. The molecular formula is C19H31N3O5S. The zero-order valence-electron chi connectivity index (χ0n) is 16.8. The van der Waals surface area contributed by atoms with Crippen molar-refractivity contribution in [3.63, 3.8) is 0 Å². The summed E-state index contributed by atoms with van der Waals surface area (Å²) < 4.78 is 31.3. The highest BCUT2D eigenvalue weighted by Crippen LogP contribution is 2.20. The van der Waals surface area contributed by atoms with Crippen molar-refractivity contribution >= 4 is 27.7 Å². The Balaban J connectivity index is 0.00000420. The number of anilines is 1. The molecule has 0 radical (unpaired) electrons. The summed E-state index contributed by atoms with van der Waals surface area (Å²) in [5, 5.41) is 0. The van der Waals surface area contributed by atoms with Crippen molar-refractivity contribution < 1.29 is 24.2 Å². The topological polar surface area (TPSA) is 96.0 Å². The van der Waals surface area contributed by atoms with Crippen LogP contribution in [0.15, 0.2) is 24.3 Å². The van der Waals surface area contributed by atoms with Gasteiger partial charge in [0.15, 0.2) is 0 Å². The van der Waals surface area contributed by atoms with Crippen LogP contribution in [0.4, 0.5) is 10.5 Å². The normalized spacial score (nSPS) is 20.0. The smallest absolute Gasteiger partial charge is 0.410 e. The third kappa shape index (κ3) is 5.37. The number of ether oxygens (including phenoxy) is 1. The van der Waals surface area contributed by atoms with Gasteiger partial charge in [0.25, 0.3) is 5.91 Å². The molecule has 0 bridgehead atoms. The van der Waals surface area contributed by atoms with Gasteiger partial charge in [-0.3, -0.25) is 14.4 Å². The van der Waals surface area contributed by atoms with E-state index in [1.807, 2.05) is 13.8 Å². The maximum Gasteiger partial charge on any atom is 0.410 e. The first-order valence-electron chi connectivity index (χ1n) is 9.53. The summed E-state index contributed by atoms with van der Waals surface area (Å²) in [5.41, 5.74) is 0.904. The Hall–Kier alpha value is -2.29. The number of nitrogens with zero attached hydrogens (tertiary/aromatic N) is 2. The van der Waals surface area contributed by atoms with E-state index in [2.05, 4.69) is 4.72 Å². The standard InChI is InChI=1S/C19H29N3O5S.H2/c1-5-11-28(25,26)20-17-9-7-16(8-10-17)18(23)21-12-14(3)22(15(4)13-21)19(24)27-6-2;/h7-10,14-15,20H,5-6,11-13H2,1-4H3;1H/t14-,15+;. The third-order valence-electron chi connectivity index (χ3n) is 4.56. The van der Waals surface area contributed by atoms with Crippen molar-refractivity contribution in [3.8, 4) is 0 Å². The van der Waals surface area contributed by atoms with Gasteiger partial charge in [-0.1, -0.05) is 6.92 Å². The fraction of sp³-hybridized carbons (Fsp3) is 0.579. The van der Waals surface area contributed by atoms with Crippen LogP contribution in [0, 0.1) is 0 Å². The van der Waals surface area contributed by atoms with E-state index in [9.17, 15) is 18.0 Å². The first-order valence-corrected chi connectivity index (χ1v) is 11.2. The molecule has 8 nitrogen and oxygen atoms in total. The molecule has 0 aromatic heterocycles. The van der Waals surface area contributed by atoms with Gasteiger partial charge in [0, 0.05) is 25.8 Å². The van der Waals surface area contributed by atoms with E-state index in [1.54, 1.807) is 47.9 Å². The van der Waals surface area contributed by atoms with Gasteiger partial charge < -0.3 is 9.64 Å². The molecule has 0 saturated carbocycles. The summed E-state index contributed by atoms with van der Waals surface area (Å²) in [6.07, 6.45) is 0.165. The lowest BCUT2D eigenvalue weighted by atomic mass is 10.1. The summed E-state index contributed by atoms with van der Waals surface area (Å²) in [6, 6.07) is 6.07. The van der Waals surface area contributed by atoms with E-state index in [0.717, 1.165) is 0 Å². The number of rotatable bonds is 6. The molecule has 2 amide bonds. The summed E-state index contributed by atoms with van der Waals surface area (Å²) in [6.45, 7) is 8.46. The van der Waals surface area contributed by atoms with Crippen LogP contribution in [0.2, 0.25) is 0 Å². The molecule has 1 saturated heterocycles. The average molecular weight is 414 g/mol. The Labute approximate surface area is 168 Å². The van der Waals surface area contributed by atoms with E-state index >= 15 is 0 Å². The first-order chi connectivity index (χ1) is 13.2. The van der Waals surface area contributed by atoms with Crippen LogP contribution in [0.5, 0.6) is 0 Å². The van der Waals surface area contributed by atoms with Gasteiger partial charge in [-0.25, -0.2) is 13.2 Å². The molecule has 1 aromatic rings. The lowest BCUT2D eigenvalue weighted by Gasteiger charge is -2.43. The molecule has 0 spiro atoms. The van der Waals surface area contributed by atoms with Crippen molar-refractivity contribution in [2.24, 2.45) is 0 Å². The highest BCUT2D eigenvalue weighted by atomic mass is 32.2. The van der Waals surface area contributed by atoms with Crippen LogP contribution < -0.4 is 4.72 Å². The number of amides is 2. The van der Waals surface area contributed by atoms with E-state index < -0.39 is 10.0 Å². The second-order valence-corrected chi connectivity index (χ2v) is 8.85. The summed E-state index contributed by atoms with van der Waals surface area (Å²) in [7, 11) is -3.37. The van der Waals surface area contributed by atoms with Crippen molar-refractivity contribution in [1.29, 1.82) is 0 Å². The van der Waals surface area contributed by atoms with Crippen molar-refractivity contribution in [1.82, 2.24) is 9.80 Å². The molecular weight excluding hydrogens is 382 g/mol. The quantitative estimate of drug-likeness (QED) is 0.774. The minimum Gasteiger partial charge on any atom is -0.450 e. The lowest BCUT2D eigenvalue weighted by Crippen LogP contribution is -2.59. The van der Waals surface area contributed by atoms with Crippen LogP contribution >= 0.6 is 0 Å². The number of benzene rings is 1. The van der Waals surface area contributed by atoms with Crippen LogP contribution in [-0.4, -0.2) is 67.8 Å². The van der Waals surface area contributed by atoms with Crippen LogP contribution in [0.25, 0.3) is 0 Å². The minimum absolute atomic E-state index is 0. The van der Waals surface area contributed by atoms with Gasteiger partial charge >= 0.3 is 6.09 Å². The predicted molar refractivity (Wildman–Crippen MR) is 110 cm³/mol. The second kappa shape index (κ2) is 9.27. The van der Waals surface area contributed by atoms with Crippen molar-refractivity contribution in [2.75, 3.05) is 30.2 Å². The Morgan fingerprint density at radius 3 is 2.21 bits per heavy atom. The van der Waals surface area contributed by atoms with Crippen molar-refractivity contribution in [3.05, 3.63) is 29.8 Å². The maximum atomic E-state index is 12.8. The summed E-state index contributed by atoms with van der Waals surface area (Å²) in [4.78, 5) is 28.3. The van der Waals surface area contributed by atoms with Gasteiger partial charge in [-0.05, 0) is 51.5 Å². The maximum absolute atomic E-state index is 12.8. The largest absolute Gasteiger partial charge is 0.450 e. The third-order valence-corrected chi connectivity index (χ3v) is 6.06. The monoisotopic (exact) mass is 413 g/mol. The number of piperazine rings is 1. The van der Waals surface area contributed by atoms with Gasteiger partial charge in [0.2, 0.25) is 10.0 Å². The number of carbonyl (C=O) groups is 2. The second-order valence-electron chi connectivity index (χ2n) is 7.01. The van der Waals surface area contributed by atoms with E-state index in [1.165, 1.54) is 0 Å². The minimum atomic E-state index is -3.37. The van der Waals surface area contributed by atoms with E-state index in [-0.39, 0.29) is 31.3 Å². The number of hydrogen-bond acceptors (Lipinski definition) is 5. The Bertz CT molecular complexity index is 789. The summed E-state index contributed by atoms with van der Waals surface area (Å²) >= 11 is 0. The molecule has 9 heteroatoms. The molecule has 28 heavy (non-hydrogen) atoms. The molecule has 1 aliphatic rings. The molecule has 1 aromatic carbocycles. The van der Waals surface area contributed by atoms with Gasteiger partial charge in [-0.2, -0.15) is 0 Å². The number of nitrogens with one attached hydrogen (secondary N) is 1. The van der Waals surface area contributed by atoms with Crippen LogP contribution in [0.1, 0.15) is 45.9 Å². The van der Waals surface area contributed by atoms with Crippen LogP contribution in [0.3, 0.4) is 0 Å². The molecule has 0 aliphatic carbocycles. The Morgan fingerprint density at radius 1 is 1.14 bits per heavy atom. The molecule has 2 rings (SSSR count). The average Bonchev–Trinajstić information content (AvgIpc) is 2.61. The molecule has 2 atom stereocenters. The molecule has 1 aliphatic heterocycles. The number of carbonyl (C=O) groups excluding carboxylic acids is 2. The van der Waals surface area contributed by atoms with Crippen molar-refractivity contribution in [2.45, 2.75) is 46.2 Å². The fourth-order valence-electron chi connectivity index (χ4n) is 3.41. The van der Waals surface area contributed by atoms with Gasteiger partial charge in [0.1, 0.15) is 0 Å². The molecule has 1 fully saturated rings. The van der Waals surface area contributed by atoms with Gasteiger partial charge in [0.05, 0.1) is 24.4 Å². The predicted octanol–water partition coefficient (Wildman–Crippen LogP) is 2.78. The SMILES string of the molecule is CCCS(=O)(=O)Nc1ccc(C(=O)N2C[C@@H](C)N(C(=O)OCC)[C@@H](C)C2)cc1.[HH]. The number of hydrogen-bond donors (Lipinski definition) is 1. The molecule has 0 unspecified atom stereocenters. The number of sulfonamides is 1. The van der Waals surface area contributed by atoms with E-state index in [0.29, 0.717) is 37.4 Å². The zero-order valence-corrected chi connectivity index (χ0v) is 17.7. The molecule has 1 heterocycles. The highest BCUT2D eigenvalue weighted by molar-refractivity contribution is 7.92. The zero-order chi connectivity index (χ0) is 20.9. The van der Waals surface area contributed by atoms with Crippen LogP contribution in [-0.2, 0) is 14.8 Å². The Kier molecular flexibility index (Phi) is 7.29. The fourth-order valence-corrected chi connectivity index (χ4v) is 4.54. The molecule has 158 valence electrons. The summed E-state index contributed by atoms with van der Waals surface area (Å²) in [5.74, 6) is -0.0982. The van der Waals surface area contributed by atoms with Gasteiger partial charge in [-0.15, -0.1) is 0 Å². The Morgan fingerprint density at radius 2 is 1.71 bits per heavy atom. The van der Waals surface area contributed by atoms with E-state index in [4.69, 9.17) is 4.74 Å². The lowest BCUT2D eigenvalue weighted by molar-refractivity contribution is 0.0228. The first kappa shape index (κ1) is 22.0.